The van der Waals surface area contributed by atoms with Crippen molar-refractivity contribution in [1.29, 1.82) is 0 Å². The fourth-order valence-electron chi connectivity index (χ4n) is 1.77. The largest absolute Gasteiger partial charge is 0.366 e. The summed E-state index contributed by atoms with van der Waals surface area (Å²) < 4.78 is 0.663. The molecule has 0 aromatic carbocycles. The van der Waals surface area contributed by atoms with Crippen molar-refractivity contribution in [2.24, 2.45) is 5.92 Å². The first-order chi connectivity index (χ1) is 8.38. The molecule has 0 aliphatic carbocycles. The Kier molecular flexibility index (Phi) is 5.07. The Labute approximate surface area is 115 Å². The van der Waals surface area contributed by atoms with E-state index in [1.54, 1.807) is 6.92 Å². The molecule has 18 heavy (non-hydrogen) atoms. The number of nitrogens with one attached hydrogen (secondary N) is 1. The van der Waals surface area contributed by atoms with E-state index in [0.717, 1.165) is 6.42 Å². The number of hydrogen-bond donors (Lipinski definition) is 1. The maximum atomic E-state index is 10.8. The summed E-state index contributed by atoms with van der Waals surface area (Å²) in [4.78, 5) is 14.5. The van der Waals surface area contributed by atoms with Gasteiger partial charge in [0.25, 0.3) is 5.69 Å². The zero-order chi connectivity index (χ0) is 13.9. The van der Waals surface area contributed by atoms with Crippen molar-refractivity contribution in [3.05, 3.63) is 26.3 Å². The SMILES string of the molecule is CCC(Nc1ncc([N+](=O)[O-])c(C)c1Br)C(C)C. The van der Waals surface area contributed by atoms with Gasteiger partial charge in [-0.25, -0.2) is 4.98 Å². The summed E-state index contributed by atoms with van der Waals surface area (Å²) in [6, 6.07) is 0.301. The zero-order valence-electron chi connectivity index (χ0n) is 11.0. The predicted octanol–water partition coefficient (Wildman–Crippen LogP) is 3.91. The van der Waals surface area contributed by atoms with Crippen molar-refractivity contribution >= 4 is 27.4 Å². The number of nitro groups is 1. The summed E-state index contributed by atoms with van der Waals surface area (Å²) in [6.07, 6.45) is 2.28. The molecule has 0 aliphatic heterocycles. The van der Waals surface area contributed by atoms with Crippen molar-refractivity contribution in [3.63, 3.8) is 0 Å². The van der Waals surface area contributed by atoms with Crippen LogP contribution in [0.15, 0.2) is 10.7 Å². The van der Waals surface area contributed by atoms with Gasteiger partial charge >= 0.3 is 0 Å². The summed E-state index contributed by atoms with van der Waals surface area (Å²) in [7, 11) is 0. The summed E-state index contributed by atoms with van der Waals surface area (Å²) in [5.74, 6) is 1.14. The number of pyridine rings is 1. The van der Waals surface area contributed by atoms with E-state index >= 15 is 0 Å². The number of hydrogen-bond acceptors (Lipinski definition) is 4. The van der Waals surface area contributed by atoms with Crippen LogP contribution in [-0.2, 0) is 0 Å². The van der Waals surface area contributed by atoms with Gasteiger partial charge in [0, 0.05) is 11.6 Å². The molecule has 0 bridgehead atoms. The lowest BCUT2D eigenvalue weighted by molar-refractivity contribution is -0.385. The Hall–Kier alpha value is -1.17. The number of anilines is 1. The molecule has 1 unspecified atom stereocenters. The number of nitrogens with zero attached hydrogens (tertiary/aromatic N) is 2. The van der Waals surface area contributed by atoms with Crippen LogP contribution in [-0.4, -0.2) is 15.9 Å². The first-order valence-corrected chi connectivity index (χ1v) is 6.73. The van der Waals surface area contributed by atoms with Crippen LogP contribution in [0, 0.1) is 23.0 Å². The monoisotopic (exact) mass is 315 g/mol. The van der Waals surface area contributed by atoms with Crippen LogP contribution in [0.2, 0.25) is 0 Å². The van der Waals surface area contributed by atoms with Gasteiger partial charge in [-0.1, -0.05) is 20.8 Å². The molecule has 0 amide bonds. The third-order valence-corrected chi connectivity index (χ3v) is 3.97. The molecular weight excluding hydrogens is 298 g/mol. The van der Waals surface area contributed by atoms with Crippen LogP contribution in [0.3, 0.4) is 0 Å². The topological polar surface area (TPSA) is 68.1 Å². The van der Waals surface area contributed by atoms with Crippen LogP contribution in [0.25, 0.3) is 0 Å². The Morgan fingerprint density at radius 3 is 2.61 bits per heavy atom. The van der Waals surface area contributed by atoms with E-state index in [9.17, 15) is 10.1 Å². The van der Waals surface area contributed by atoms with Gasteiger partial charge in [0.05, 0.1) is 9.40 Å². The lowest BCUT2D eigenvalue weighted by Gasteiger charge is -2.22. The van der Waals surface area contributed by atoms with Gasteiger partial charge in [-0.05, 0) is 35.2 Å². The van der Waals surface area contributed by atoms with Crippen LogP contribution >= 0.6 is 15.9 Å². The normalized spacial score (nSPS) is 12.6. The fourth-order valence-corrected chi connectivity index (χ4v) is 2.19. The summed E-state index contributed by atoms with van der Waals surface area (Å²) >= 11 is 3.38. The minimum Gasteiger partial charge on any atom is -0.366 e. The van der Waals surface area contributed by atoms with E-state index in [1.165, 1.54) is 6.20 Å². The van der Waals surface area contributed by atoms with E-state index in [2.05, 4.69) is 47.0 Å². The second-order valence-corrected chi connectivity index (χ2v) is 5.38. The van der Waals surface area contributed by atoms with Crippen molar-refractivity contribution in [2.75, 3.05) is 5.32 Å². The van der Waals surface area contributed by atoms with E-state index in [0.29, 0.717) is 27.8 Å². The van der Waals surface area contributed by atoms with Gasteiger partial charge in [-0.15, -0.1) is 0 Å². The van der Waals surface area contributed by atoms with Gasteiger partial charge in [-0.3, -0.25) is 10.1 Å². The third kappa shape index (κ3) is 3.19. The molecule has 0 aliphatic rings. The lowest BCUT2D eigenvalue weighted by Crippen LogP contribution is -2.25. The van der Waals surface area contributed by atoms with Crippen LogP contribution in [0.5, 0.6) is 0 Å². The number of rotatable bonds is 5. The average molecular weight is 316 g/mol. The smallest absolute Gasteiger partial charge is 0.291 e. The molecule has 0 fully saturated rings. The van der Waals surface area contributed by atoms with E-state index in [-0.39, 0.29) is 5.69 Å². The first kappa shape index (κ1) is 14.9. The third-order valence-electron chi connectivity index (χ3n) is 3.00. The summed E-state index contributed by atoms with van der Waals surface area (Å²) in [5.41, 5.74) is 0.626. The second-order valence-electron chi connectivity index (χ2n) is 4.59. The van der Waals surface area contributed by atoms with Gasteiger partial charge in [0.1, 0.15) is 12.0 Å². The van der Waals surface area contributed by atoms with Crippen molar-refractivity contribution < 1.29 is 4.92 Å². The molecule has 1 aromatic rings. The van der Waals surface area contributed by atoms with Gasteiger partial charge in [0.15, 0.2) is 0 Å². The Bertz CT molecular complexity index is 449. The van der Waals surface area contributed by atoms with Crippen molar-refractivity contribution in [2.45, 2.75) is 40.2 Å². The maximum absolute atomic E-state index is 10.8. The molecule has 6 heteroatoms. The van der Waals surface area contributed by atoms with Crippen molar-refractivity contribution in [1.82, 2.24) is 4.98 Å². The Balaban J connectivity index is 3.05. The van der Waals surface area contributed by atoms with E-state index in [4.69, 9.17) is 0 Å². The quantitative estimate of drug-likeness (QED) is 0.660. The van der Waals surface area contributed by atoms with Crippen LogP contribution in [0.4, 0.5) is 11.5 Å². The second kappa shape index (κ2) is 6.13. The molecule has 0 saturated heterocycles. The minimum atomic E-state index is -0.420. The molecule has 1 atom stereocenters. The number of aromatic nitrogens is 1. The molecule has 5 nitrogen and oxygen atoms in total. The first-order valence-electron chi connectivity index (χ1n) is 5.94. The summed E-state index contributed by atoms with van der Waals surface area (Å²) in [6.45, 7) is 8.08. The maximum Gasteiger partial charge on any atom is 0.291 e. The minimum absolute atomic E-state index is 0.0324. The van der Waals surface area contributed by atoms with Crippen LogP contribution < -0.4 is 5.32 Å². The highest BCUT2D eigenvalue weighted by atomic mass is 79.9. The average Bonchev–Trinajstić information content (AvgIpc) is 2.30. The van der Waals surface area contributed by atoms with Gasteiger partial charge in [-0.2, -0.15) is 0 Å². The molecular formula is C12H18BrN3O2. The van der Waals surface area contributed by atoms with Gasteiger partial charge < -0.3 is 5.32 Å². The molecule has 0 spiro atoms. The van der Waals surface area contributed by atoms with Gasteiger partial charge in [0.2, 0.25) is 0 Å². The summed E-state index contributed by atoms with van der Waals surface area (Å²) in [5, 5.41) is 14.1. The van der Waals surface area contributed by atoms with Crippen molar-refractivity contribution in [3.8, 4) is 0 Å². The number of halogens is 1. The molecule has 1 heterocycles. The highest BCUT2D eigenvalue weighted by Crippen LogP contribution is 2.31. The zero-order valence-corrected chi connectivity index (χ0v) is 12.6. The predicted molar refractivity (Wildman–Crippen MR) is 75.9 cm³/mol. The molecule has 0 saturated carbocycles. The Morgan fingerprint density at radius 1 is 1.56 bits per heavy atom. The molecule has 1 aromatic heterocycles. The molecule has 100 valence electrons. The fraction of sp³-hybridized carbons (Fsp3) is 0.583. The molecule has 0 radical (unpaired) electrons. The van der Waals surface area contributed by atoms with E-state index in [1.807, 2.05) is 0 Å². The standard InChI is InChI=1S/C12H18BrN3O2/c1-5-9(7(2)3)15-12-11(13)8(4)10(6-14-12)16(17)18/h6-7,9H,5H2,1-4H3,(H,14,15). The lowest BCUT2D eigenvalue weighted by atomic mass is 10.0. The van der Waals surface area contributed by atoms with Crippen LogP contribution in [0.1, 0.15) is 32.8 Å². The molecule has 1 N–H and O–H groups in total. The van der Waals surface area contributed by atoms with E-state index < -0.39 is 4.92 Å². The Morgan fingerprint density at radius 2 is 2.17 bits per heavy atom. The highest BCUT2D eigenvalue weighted by molar-refractivity contribution is 9.10. The molecule has 1 rings (SSSR count). The highest BCUT2D eigenvalue weighted by Gasteiger charge is 2.19.